The maximum atomic E-state index is 12.4. The van der Waals surface area contributed by atoms with Gasteiger partial charge in [-0.1, -0.05) is 42.5 Å². The normalized spacial score (nSPS) is 20.2. The minimum atomic E-state index is -3.61. The number of benzene rings is 2. The first-order chi connectivity index (χ1) is 13.1. The zero-order valence-corrected chi connectivity index (χ0v) is 16.0. The van der Waals surface area contributed by atoms with E-state index in [1.807, 2.05) is 12.1 Å². The average molecular weight is 385 g/mol. The monoisotopic (exact) mass is 384 g/mol. The molecule has 0 amide bonds. The second kappa shape index (κ2) is 7.80. The van der Waals surface area contributed by atoms with E-state index in [1.54, 1.807) is 18.2 Å². The van der Waals surface area contributed by atoms with Gasteiger partial charge in [-0.25, -0.2) is 0 Å². The fourth-order valence-corrected chi connectivity index (χ4v) is 4.77. The molecule has 2 aromatic carbocycles. The molecule has 7 heteroatoms. The lowest BCUT2D eigenvalue weighted by Crippen LogP contribution is -2.38. The average Bonchev–Trinajstić information content (AvgIpc) is 2.87. The summed E-state index contributed by atoms with van der Waals surface area (Å²) < 4.78 is 28.8. The third kappa shape index (κ3) is 4.37. The number of anilines is 1. The van der Waals surface area contributed by atoms with E-state index in [9.17, 15) is 8.42 Å². The molecule has 0 radical (unpaired) electrons. The Balaban J connectivity index is 1.39. The molecule has 0 aliphatic carbocycles. The highest BCUT2D eigenvalue weighted by Crippen LogP contribution is 2.26. The maximum Gasteiger partial charge on any atom is 0.286 e. The van der Waals surface area contributed by atoms with Crippen LogP contribution in [-0.4, -0.2) is 56.8 Å². The molecular formula is C20H24N4O2S. The number of rotatable bonds is 4. The molecule has 0 spiro atoms. The Morgan fingerprint density at radius 3 is 2.30 bits per heavy atom. The van der Waals surface area contributed by atoms with Crippen LogP contribution in [0.4, 0.5) is 5.69 Å². The molecule has 1 saturated heterocycles. The molecule has 0 unspecified atom stereocenters. The van der Waals surface area contributed by atoms with Gasteiger partial charge in [-0.2, -0.15) is 8.42 Å². The summed E-state index contributed by atoms with van der Waals surface area (Å²) in [7, 11) is -3.61. The molecule has 2 aromatic rings. The van der Waals surface area contributed by atoms with Gasteiger partial charge in [-0.05, 0) is 37.2 Å². The largest absolute Gasteiger partial charge is 0.341 e. The molecule has 4 rings (SSSR count). The van der Waals surface area contributed by atoms with Crippen LogP contribution in [0, 0.1) is 0 Å². The highest BCUT2D eigenvalue weighted by Gasteiger charge is 2.25. The highest BCUT2D eigenvalue weighted by molar-refractivity contribution is 7.90. The van der Waals surface area contributed by atoms with Gasteiger partial charge in [0.15, 0.2) is 0 Å². The van der Waals surface area contributed by atoms with E-state index in [-0.39, 0.29) is 4.90 Å². The second-order valence-electron chi connectivity index (χ2n) is 7.03. The van der Waals surface area contributed by atoms with Crippen molar-refractivity contribution in [2.45, 2.75) is 17.9 Å². The first-order valence-corrected chi connectivity index (χ1v) is 10.7. The third-order valence-corrected chi connectivity index (χ3v) is 6.35. The Morgan fingerprint density at radius 1 is 0.852 bits per heavy atom. The smallest absolute Gasteiger partial charge is 0.286 e. The number of hydrogen-bond acceptors (Lipinski definition) is 5. The van der Waals surface area contributed by atoms with E-state index in [4.69, 9.17) is 0 Å². The zero-order chi connectivity index (χ0) is 18.7. The first kappa shape index (κ1) is 18.2. The molecule has 27 heavy (non-hydrogen) atoms. The van der Waals surface area contributed by atoms with Gasteiger partial charge < -0.3 is 5.32 Å². The quantitative estimate of drug-likeness (QED) is 0.877. The summed E-state index contributed by atoms with van der Waals surface area (Å²) in [6, 6.07) is 17.4. The standard InChI is InChI=1S/C20H24N4O2S/c25-27(26)19-10-5-4-9-18(19)21-20(22-27)16-24-12-6-11-23(13-14-24)15-17-7-2-1-3-8-17/h1-5,7-10H,6,11-16H2,(H,21,22). The Morgan fingerprint density at radius 2 is 1.52 bits per heavy atom. The van der Waals surface area contributed by atoms with Crippen molar-refractivity contribution >= 4 is 21.5 Å². The van der Waals surface area contributed by atoms with Crippen LogP contribution in [-0.2, 0) is 16.6 Å². The lowest BCUT2D eigenvalue weighted by atomic mass is 10.2. The highest BCUT2D eigenvalue weighted by atomic mass is 32.2. The molecule has 2 aliphatic rings. The zero-order valence-electron chi connectivity index (χ0n) is 15.2. The van der Waals surface area contributed by atoms with Gasteiger partial charge in [0.05, 0.1) is 12.2 Å². The fraction of sp³-hybridized carbons (Fsp3) is 0.350. The van der Waals surface area contributed by atoms with Gasteiger partial charge in [0, 0.05) is 19.6 Å². The van der Waals surface area contributed by atoms with Crippen molar-refractivity contribution in [2.24, 2.45) is 4.40 Å². The molecule has 2 aliphatic heterocycles. The van der Waals surface area contributed by atoms with E-state index in [2.05, 4.69) is 43.8 Å². The Kier molecular flexibility index (Phi) is 5.24. The van der Waals surface area contributed by atoms with Crippen LogP contribution in [0.15, 0.2) is 63.9 Å². The Bertz CT molecular complexity index is 928. The van der Waals surface area contributed by atoms with Gasteiger partial charge in [0.25, 0.3) is 10.0 Å². The second-order valence-corrected chi connectivity index (χ2v) is 8.60. The number of hydrogen-bond donors (Lipinski definition) is 1. The number of nitrogens with one attached hydrogen (secondary N) is 1. The summed E-state index contributed by atoms with van der Waals surface area (Å²) in [5.41, 5.74) is 1.94. The predicted octanol–water partition coefficient (Wildman–Crippen LogP) is 2.41. The van der Waals surface area contributed by atoms with Gasteiger partial charge >= 0.3 is 0 Å². The SMILES string of the molecule is O=S1(=O)N=C(CN2CCCN(Cc3ccccc3)CC2)Nc2ccccc21. The summed E-state index contributed by atoms with van der Waals surface area (Å²) in [5.74, 6) is 0.505. The van der Waals surface area contributed by atoms with Crippen LogP contribution in [0.2, 0.25) is 0 Å². The number of nitrogens with zero attached hydrogens (tertiary/aromatic N) is 3. The summed E-state index contributed by atoms with van der Waals surface area (Å²) in [6.07, 6.45) is 1.06. The molecule has 2 heterocycles. The van der Waals surface area contributed by atoms with Gasteiger partial charge in [0.1, 0.15) is 10.7 Å². The minimum absolute atomic E-state index is 0.249. The van der Waals surface area contributed by atoms with Gasteiger partial charge in [-0.3, -0.25) is 9.80 Å². The van der Waals surface area contributed by atoms with Crippen LogP contribution < -0.4 is 5.32 Å². The topological polar surface area (TPSA) is 65.0 Å². The van der Waals surface area contributed by atoms with E-state index in [0.29, 0.717) is 18.1 Å². The van der Waals surface area contributed by atoms with Crippen LogP contribution in [0.25, 0.3) is 0 Å². The molecule has 0 bridgehead atoms. The predicted molar refractivity (Wildman–Crippen MR) is 107 cm³/mol. The van der Waals surface area contributed by atoms with Crippen molar-refractivity contribution in [2.75, 3.05) is 38.0 Å². The van der Waals surface area contributed by atoms with E-state index < -0.39 is 10.0 Å². The third-order valence-electron chi connectivity index (χ3n) is 4.98. The van der Waals surface area contributed by atoms with Crippen LogP contribution in [0.5, 0.6) is 0 Å². The maximum absolute atomic E-state index is 12.4. The van der Waals surface area contributed by atoms with Gasteiger partial charge in [-0.15, -0.1) is 4.40 Å². The lowest BCUT2D eigenvalue weighted by Gasteiger charge is -2.24. The molecule has 0 saturated carbocycles. The molecule has 6 nitrogen and oxygen atoms in total. The van der Waals surface area contributed by atoms with Crippen molar-refractivity contribution in [3.05, 3.63) is 60.2 Å². The molecule has 142 valence electrons. The van der Waals surface area contributed by atoms with E-state index >= 15 is 0 Å². The molecule has 1 fully saturated rings. The number of sulfonamides is 1. The molecule has 0 aromatic heterocycles. The van der Waals surface area contributed by atoms with Crippen molar-refractivity contribution in [3.63, 3.8) is 0 Å². The first-order valence-electron chi connectivity index (χ1n) is 9.29. The molecule has 1 N–H and O–H groups in total. The summed E-state index contributed by atoms with van der Waals surface area (Å²) in [5, 5.41) is 3.19. The van der Waals surface area contributed by atoms with Crippen molar-refractivity contribution in [1.82, 2.24) is 9.80 Å². The fourth-order valence-electron chi connectivity index (χ4n) is 3.63. The molecule has 0 atom stereocenters. The van der Waals surface area contributed by atoms with E-state index in [0.717, 1.165) is 39.1 Å². The van der Waals surface area contributed by atoms with Crippen molar-refractivity contribution < 1.29 is 8.42 Å². The lowest BCUT2D eigenvalue weighted by molar-refractivity contribution is 0.264. The summed E-state index contributed by atoms with van der Waals surface area (Å²) >= 11 is 0. The number of para-hydroxylation sites is 1. The van der Waals surface area contributed by atoms with Gasteiger partial charge in [0.2, 0.25) is 0 Å². The summed E-state index contributed by atoms with van der Waals surface area (Å²) in [6.45, 7) is 5.32. The molecular weight excluding hydrogens is 360 g/mol. The Labute approximate surface area is 160 Å². The van der Waals surface area contributed by atoms with Crippen LogP contribution in [0.1, 0.15) is 12.0 Å². The van der Waals surface area contributed by atoms with Crippen molar-refractivity contribution in [3.8, 4) is 0 Å². The van der Waals surface area contributed by atoms with E-state index in [1.165, 1.54) is 5.56 Å². The minimum Gasteiger partial charge on any atom is -0.341 e. The summed E-state index contributed by atoms with van der Waals surface area (Å²) in [4.78, 5) is 4.98. The van der Waals surface area contributed by atoms with Crippen LogP contribution in [0.3, 0.4) is 0 Å². The Hall–Kier alpha value is -2.22. The van der Waals surface area contributed by atoms with Crippen molar-refractivity contribution in [1.29, 1.82) is 0 Å². The van der Waals surface area contributed by atoms with Crippen LogP contribution >= 0.6 is 0 Å². The number of fused-ring (bicyclic) bond motifs is 1. The number of amidine groups is 1.